The Morgan fingerprint density at radius 1 is 0.441 bits per heavy atom. The minimum Gasteiger partial charge on any atom is -0.0886 e. The molecule has 0 amide bonds. The van der Waals surface area contributed by atoms with Crippen molar-refractivity contribution in [3.63, 3.8) is 0 Å². The van der Waals surface area contributed by atoms with E-state index in [9.17, 15) is 0 Å². The molecule has 5 aromatic rings. The molecule has 0 fully saturated rings. The Morgan fingerprint density at radius 2 is 0.882 bits per heavy atom. The van der Waals surface area contributed by atoms with Gasteiger partial charge >= 0.3 is 0 Å². The van der Waals surface area contributed by atoms with E-state index in [2.05, 4.69) is 127 Å². The van der Waals surface area contributed by atoms with E-state index >= 15 is 0 Å². The lowest BCUT2D eigenvalue weighted by atomic mass is 9.98. The van der Waals surface area contributed by atoms with Gasteiger partial charge in [0.1, 0.15) is 0 Å². The maximum absolute atomic E-state index is 5.17. The van der Waals surface area contributed by atoms with Gasteiger partial charge in [0.2, 0.25) is 0 Å². The number of rotatable bonds is 3. The average Bonchev–Trinajstić information content (AvgIpc) is 3.37. The minimum absolute atomic E-state index is 1.28. The molecule has 0 saturated heterocycles. The number of benzene rings is 5. The summed E-state index contributed by atoms with van der Waals surface area (Å²) >= 11 is 0. The molecule has 1 aliphatic carbocycles. The minimum atomic E-state index is -2.17. The Balaban J connectivity index is 1.71. The van der Waals surface area contributed by atoms with Crippen molar-refractivity contribution in [2.45, 2.75) is 0 Å². The van der Waals surface area contributed by atoms with E-state index in [4.69, 9.17) is 6.30 Å². The van der Waals surface area contributed by atoms with Crippen LogP contribution in [0.1, 0.15) is 22.3 Å². The Kier molecular flexibility index (Phi) is 4.22. The highest BCUT2D eigenvalue weighted by molar-refractivity contribution is 7.98. The van der Waals surface area contributed by atoms with E-state index in [1.165, 1.54) is 60.1 Å². The molecule has 0 radical (unpaired) electrons. The second-order valence-corrected chi connectivity index (χ2v) is 12.1. The van der Waals surface area contributed by atoms with E-state index in [0.717, 1.165) is 0 Å². The van der Waals surface area contributed by atoms with E-state index in [-0.39, 0.29) is 0 Å². The topological polar surface area (TPSA) is 0 Å². The molecule has 1 heteroatoms. The van der Waals surface area contributed by atoms with Crippen LogP contribution in [-0.4, -0.2) is 6.30 Å². The quantitative estimate of drug-likeness (QED) is 0.242. The Hall–Kier alpha value is -3.86. The lowest BCUT2D eigenvalue weighted by Gasteiger charge is -2.29. The van der Waals surface area contributed by atoms with Gasteiger partial charge in [0.15, 0.2) is 0 Å². The van der Waals surface area contributed by atoms with Crippen LogP contribution in [0.15, 0.2) is 127 Å². The molecule has 0 saturated carbocycles. The van der Waals surface area contributed by atoms with Crippen LogP contribution in [0.4, 0.5) is 0 Å². The standard InChI is InChI=1S/C33H23P/c1-34(26-19-9-4-10-20-26)32(24-13-5-2-6-14-24)30-27-21-11-17-23-18-12-22-28(29(23)27)31(30)33(34)25-15-7-3-8-16-25/h2-22H,1H2. The van der Waals surface area contributed by atoms with Crippen molar-refractivity contribution in [1.82, 2.24) is 0 Å². The predicted molar refractivity (Wildman–Crippen MR) is 151 cm³/mol. The fourth-order valence-electron chi connectivity index (χ4n) is 5.87. The SMILES string of the molecule is C=P1(c2ccccc2)C(c2ccccc2)=C2C(=C1c1ccccc1)c1cccc3cccc2c13. The van der Waals surface area contributed by atoms with E-state index in [1.54, 1.807) is 0 Å². The van der Waals surface area contributed by atoms with Crippen molar-refractivity contribution >= 4 is 51.0 Å². The summed E-state index contributed by atoms with van der Waals surface area (Å²) in [6, 6.07) is 46.3. The van der Waals surface area contributed by atoms with E-state index < -0.39 is 6.89 Å². The lowest BCUT2D eigenvalue weighted by molar-refractivity contribution is 1.64. The second kappa shape index (κ2) is 7.32. The van der Waals surface area contributed by atoms with E-state index in [1.807, 2.05) is 0 Å². The van der Waals surface area contributed by atoms with E-state index in [0.29, 0.717) is 0 Å². The molecule has 5 aromatic carbocycles. The van der Waals surface area contributed by atoms with Gasteiger partial charge < -0.3 is 0 Å². The maximum atomic E-state index is 5.17. The monoisotopic (exact) mass is 450 g/mol. The van der Waals surface area contributed by atoms with Crippen molar-refractivity contribution in [2.24, 2.45) is 0 Å². The van der Waals surface area contributed by atoms with Gasteiger partial charge in [-0.15, -0.1) is 0 Å². The van der Waals surface area contributed by atoms with Crippen LogP contribution in [0.5, 0.6) is 0 Å². The zero-order valence-electron chi connectivity index (χ0n) is 18.8. The van der Waals surface area contributed by atoms with Crippen LogP contribution < -0.4 is 5.30 Å². The normalized spacial score (nSPS) is 15.8. The fourth-order valence-corrected chi connectivity index (χ4v) is 9.70. The molecular formula is C33H23P. The van der Waals surface area contributed by atoms with Crippen LogP contribution >= 0.6 is 6.89 Å². The van der Waals surface area contributed by atoms with Crippen molar-refractivity contribution < 1.29 is 0 Å². The second-order valence-electron chi connectivity index (χ2n) is 9.03. The highest BCUT2D eigenvalue weighted by Crippen LogP contribution is 2.78. The lowest BCUT2D eigenvalue weighted by Crippen LogP contribution is -2.07. The summed E-state index contributed by atoms with van der Waals surface area (Å²) in [5.74, 6) is 0. The first-order chi connectivity index (χ1) is 16.8. The highest BCUT2D eigenvalue weighted by Gasteiger charge is 2.43. The summed E-state index contributed by atoms with van der Waals surface area (Å²) < 4.78 is 0. The first kappa shape index (κ1) is 19.6. The van der Waals surface area contributed by atoms with Gasteiger partial charge in [-0.25, -0.2) is 0 Å². The van der Waals surface area contributed by atoms with Crippen molar-refractivity contribution in [3.8, 4) is 0 Å². The van der Waals surface area contributed by atoms with Crippen LogP contribution in [-0.2, 0) is 0 Å². The molecule has 0 spiro atoms. The number of hydrogen-bond acceptors (Lipinski definition) is 0. The van der Waals surface area contributed by atoms with Crippen LogP contribution in [0.2, 0.25) is 0 Å². The molecule has 0 aromatic heterocycles. The first-order valence-corrected chi connectivity index (χ1v) is 13.7. The maximum Gasteiger partial charge on any atom is -0.000291 e. The van der Waals surface area contributed by atoms with Gasteiger partial charge in [-0.05, 0) is 67.0 Å². The molecular weight excluding hydrogens is 427 g/mol. The third-order valence-corrected chi connectivity index (χ3v) is 10.9. The van der Waals surface area contributed by atoms with Crippen molar-refractivity contribution in [3.05, 3.63) is 150 Å². The summed E-state index contributed by atoms with van der Waals surface area (Å²) in [5, 5.41) is 6.80. The van der Waals surface area contributed by atoms with Gasteiger partial charge in [-0.1, -0.05) is 134 Å². The summed E-state index contributed by atoms with van der Waals surface area (Å²) in [4.78, 5) is 0. The summed E-state index contributed by atoms with van der Waals surface area (Å²) in [6.07, 6.45) is 5.17. The Labute approximate surface area is 200 Å². The number of hydrogen-bond donors (Lipinski definition) is 0. The molecule has 7 rings (SSSR count). The van der Waals surface area contributed by atoms with Gasteiger partial charge in [0.05, 0.1) is 0 Å². The van der Waals surface area contributed by atoms with Crippen LogP contribution in [0, 0.1) is 0 Å². The predicted octanol–water partition coefficient (Wildman–Crippen LogP) is 8.38. The van der Waals surface area contributed by atoms with Crippen LogP contribution in [0.3, 0.4) is 0 Å². The largest absolute Gasteiger partial charge is 0.0886 e. The third-order valence-electron chi connectivity index (χ3n) is 7.22. The number of allylic oxidation sites excluding steroid dienone is 2. The molecule has 0 N–H and O–H groups in total. The highest BCUT2D eigenvalue weighted by atomic mass is 31.2. The molecule has 0 unspecified atom stereocenters. The zero-order chi connectivity index (χ0) is 22.7. The van der Waals surface area contributed by atoms with Gasteiger partial charge in [-0.3, -0.25) is 0 Å². The molecule has 2 aliphatic rings. The zero-order valence-corrected chi connectivity index (χ0v) is 19.7. The smallest absolute Gasteiger partial charge is 0.000291 e. The first-order valence-electron chi connectivity index (χ1n) is 11.7. The Bertz CT molecular complexity index is 1590. The molecule has 1 aliphatic heterocycles. The molecule has 0 bridgehead atoms. The Morgan fingerprint density at radius 3 is 1.35 bits per heavy atom. The molecule has 1 heterocycles. The average molecular weight is 451 g/mol. The van der Waals surface area contributed by atoms with Crippen molar-refractivity contribution in [1.29, 1.82) is 0 Å². The van der Waals surface area contributed by atoms with Gasteiger partial charge in [0, 0.05) is 0 Å². The van der Waals surface area contributed by atoms with Crippen molar-refractivity contribution in [2.75, 3.05) is 0 Å². The summed E-state index contributed by atoms with van der Waals surface area (Å²) in [7, 11) is 0. The fraction of sp³-hybridized carbons (Fsp3) is 0. The molecule has 34 heavy (non-hydrogen) atoms. The number of fused-ring (bicyclic) bond motifs is 3. The summed E-state index contributed by atoms with van der Waals surface area (Å²) in [6.45, 7) is -2.17. The van der Waals surface area contributed by atoms with Gasteiger partial charge in [0.25, 0.3) is 0 Å². The molecule has 160 valence electrons. The third kappa shape index (κ3) is 2.55. The van der Waals surface area contributed by atoms with Gasteiger partial charge in [-0.2, -0.15) is 0 Å². The molecule has 0 atom stereocenters. The summed E-state index contributed by atoms with van der Waals surface area (Å²) in [5.41, 5.74) is 8.00. The van der Waals surface area contributed by atoms with Crippen LogP contribution in [0.25, 0.3) is 32.5 Å². The molecule has 0 nitrogen and oxygen atoms in total.